The maximum Gasteiger partial charge on any atom is 0.414 e. The lowest BCUT2D eigenvalue weighted by molar-refractivity contribution is -0.119. The van der Waals surface area contributed by atoms with Gasteiger partial charge in [-0.1, -0.05) is 30.3 Å². The number of nitrogens with one attached hydrogen (secondary N) is 1. The number of nitrogens with zero attached hydrogens (tertiary/aromatic N) is 1. The van der Waals surface area contributed by atoms with E-state index >= 15 is 0 Å². The fourth-order valence-electron chi connectivity index (χ4n) is 2.62. The van der Waals surface area contributed by atoms with Crippen LogP contribution >= 0.6 is 0 Å². The second-order valence-electron chi connectivity index (χ2n) is 5.58. The summed E-state index contributed by atoms with van der Waals surface area (Å²) in [6, 6.07) is 13.9. The van der Waals surface area contributed by atoms with Crippen molar-refractivity contribution < 1.29 is 18.7 Å². The molecular weight excluding hydrogens is 311 g/mol. The van der Waals surface area contributed by atoms with Crippen LogP contribution in [0.2, 0.25) is 0 Å². The summed E-state index contributed by atoms with van der Waals surface area (Å²) in [5, 5.41) is 2.61. The van der Waals surface area contributed by atoms with Gasteiger partial charge in [-0.25, -0.2) is 9.18 Å². The van der Waals surface area contributed by atoms with Crippen LogP contribution in [0, 0.1) is 5.82 Å². The highest BCUT2D eigenvalue weighted by atomic mass is 19.1. The topological polar surface area (TPSA) is 58.6 Å². The van der Waals surface area contributed by atoms with Gasteiger partial charge in [0.2, 0.25) is 5.91 Å². The highest BCUT2D eigenvalue weighted by Gasteiger charge is 2.32. The minimum atomic E-state index is -0.544. The summed E-state index contributed by atoms with van der Waals surface area (Å²) in [5.74, 6) is -0.598. The van der Waals surface area contributed by atoms with Gasteiger partial charge in [-0.05, 0) is 23.8 Å². The fourth-order valence-corrected chi connectivity index (χ4v) is 2.62. The summed E-state index contributed by atoms with van der Waals surface area (Å²) in [7, 11) is 0. The summed E-state index contributed by atoms with van der Waals surface area (Å²) in [5.41, 5.74) is 1.68. The summed E-state index contributed by atoms with van der Waals surface area (Å²) >= 11 is 0. The van der Waals surface area contributed by atoms with Crippen molar-refractivity contribution >= 4 is 17.7 Å². The molecule has 0 bridgehead atoms. The summed E-state index contributed by atoms with van der Waals surface area (Å²) in [6.45, 7) is 1.90. The number of hydrogen-bond acceptors (Lipinski definition) is 3. The van der Waals surface area contributed by atoms with Crippen molar-refractivity contribution in [1.29, 1.82) is 0 Å². The molecule has 1 N–H and O–H groups in total. The minimum absolute atomic E-state index is 0.192. The number of carbonyl (C=O) groups excluding carboxylic acids is 2. The molecule has 124 valence electrons. The van der Waals surface area contributed by atoms with E-state index in [1.54, 1.807) is 12.1 Å². The standard InChI is InChI=1S/C18H17FN2O3/c1-12(22)20-10-15-11-21(18(23)24-15)14-7-8-16(17(19)9-14)13-5-3-2-4-6-13/h2-9,15H,10-11H2,1H3,(H,20,22). The molecule has 1 unspecified atom stereocenters. The van der Waals surface area contributed by atoms with Gasteiger partial charge in [-0.15, -0.1) is 0 Å². The fraction of sp³-hybridized carbons (Fsp3) is 0.222. The van der Waals surface area contributed by atoms with Crippen molar-refractivity contribution in [3.8, 4) is 11.1 Å². The predicted molar refractivity (Wildman–Crippen MR) is 88.1 cm³/mol. The molecule has 1 fully saturated rings. The third-order valence-electron chi connectivity index (χ3n) is 3.80. The molecule has 6 heteroatoms. The van der Waals surface area contributed by atoms with Gasteiger partial charge in [0, 0.05) is 12.5 Å². The van der Waals surface area contributed by atoms with E-state index in [-0.39, 0.29) is 19.0 Å². The van der Waals surface area contributed by atoms with E-state index in [1.807, 2.05) is 30.3 Å². The average Bonchev–Trinajstić information content (AvgIpc) is 2.94. The molecule has 5 nitrogen and oxygen atoms in total. The van der Waals surface area contributed by atoms with Crippen molar-refractivity contribution in [1.82, 2.24) is 5.32 Å². The highest BCUT2D eigenvalue weighted by molar-refractivity contribution is 5.90. The van der Waals surface area contributed by atoms with Crippen molar-refractivity contribution in [3.63, 3.8) is 0 Å². The molecule has 24 heavy (non-hydrogen) atoms. The van der Waals surface area contributed by atoms with E-state index in [9.17, 15) is 14.0 Å². The average molecular weight is 328 g/mol. The van der Waals surface area contributed by atoms with Crippen LogP contribution < -0.4 is 10.2 Å². The number of carbonyl (C=O) groups is 2. The van der Waals surface area contributed by atoms with Crippen LogP contribution in [0.3, 0.4) is 0 Å². The zero-order valence-electron chi connectivity index (χ0n) is 13.2. The van der Waals surface area contributed by atoms with Crippen LogP contribution in [-0.2, 0) is 9.53 Å². The summed E-state index contributed by atoms with van der Waals surface area (Å²) in [6.07, 6.45) is -0.990. The van der Waals surface area contributed by atoms with Crippen LogP contribution in [0.15, 0.2) is 48.5 Å². The highest BCUT2D eigenvalue weighted by Crippen LogP contribution is 2.28. The lowest BCUT2D eigenvalue weighted by atomic mass is 10.0. The Bertz CT molecular complexity index is 764. The number of cyclic esters (lactones) is 1. The van der Waals surface area contributed by atoms with E-state index in [2.05, 4.69) is 5.32 Å². The Morgan fingerprint density at radius 3 is 2.71 bits per heavy atom. The number of amides is 2. The molecule has 1 atom stereocenters. The molecule has 0 aliphatic carbocycles. The Morgan fingerprint density at radius 2 is 2.04 bits per heavy atom. The second-order valence-corrected chi connectivity index (χ2v) is 5.58. The van der Waals surface area contributed by atoms with Crippen molar-refractivity contribution in [2.75, 3.05) is 18.0 Å². The van der Waals surface area contributed by atoms with Gasteiger partial charge in [0.05, 0.1) is 18.8 Å². The van der Waals surface area contributed by atoms with Gasteiger partial charge in [0.15, 0.2) is 0 Å². The second kappa shape index (κ2) is 6.70. The van der Waals surface area contributed by atoms with Crippen LogP contribution in [0.4, 0.5) is 14.9 Å². The van der Waals surface area contributed by atoms with Gasteiger partial charge in [0.1, 0.15) is 11.9 Å². The molecule has 0 saturated carbocycles. The molecule has 0 aromatic heterocycles. The van der Waals surface area contributed by atoms with Crippen LogP contribution in [0.1, 0.15) is 6.92 Å². The number of ether oxygens (including phenoxy) is 1. The molecule has 2 aromatic rings. The Balaban J connectivity index is 1.77. The van der Waals surface area contributed by atoms with Crippen molar-refractivity contribution in [2.24, 2.45) is 0 Å². The smallest absolute Gasteiger partial charge is 0.414 e. The van der Waals surface area contributed by atoms with Crippen LogP contribution in [-0.4, -0.2) is 31.2 Å². The van der Waals surface area contributed by atoms with E-state index in [4.69, 9.17) is 4.74 Å². The zero-order valence-corrected chi connectivity index (χ0v) is 13.2. The number of benzene rings is 2. The van der Waals surface area contributed by atoms with E-state index in [0.717, 1.165) is 5.56 Å². The molecule has 1 aliphatic rings. The molecule has 0 spiro atoms. The van der Waals surface area contributed by atoms with Crippen molar-refractivity contribution in [2.45, 2.75) is 13.0 Å². The predicted octanol–water partition coefficient (Wildman–Crippen LogP) is 2.95. The van der Waals surface area contributed by atoms with Gasteiger partial charge in [-0.2, -0.15) is 0 Å². The first kappa shape index (κ1) is 16.0. The van der Waals surface area contributed by atoms with E-state index in [0.29, 0.717) is 11.3 Å². The normalized spacial score (nSPS) is 16.8. The monoisotopic (exact) mass is 328 g/mol. The Hall–Kier alpha value is -2.89. The third kappa shape index (κ3) is 3.37. The van der Waals surface area contributed by atoms with Gasteiger partial charge in [0.25, 0.3) is 0 Å². The number of halogens is 1. The van der Waals surface area contributed by atoms with Gasteiger partial charge >= 0.3 is 6.09 Å². The first-order valence-corrected chi connectivity index (χ1v) is 7.62. The zero-order chi connectivity index (χ0) is 17.1. The number of anilines is 1. The molecule has 0 radical (unpaired) electrons. The van der Waals surface area contributed by atoms with Gasteiger partial charge in [-0.3, -0.25) is 9.69 Å². The van der Waals surface area contributed by atoms with Crippen LogP contribution in [0.5, 0.6) is 0 Å². The minimum Gasteiger partial charge on any atom is -0.442 e. The largest absolute Gasteiger partial charge is 0.442 e. The lowest BCUT2D eigenvalue weighted by Crippen LogP contribution is -2.33. The molecule has 1 saturated heterocycles. The molecular formula is C18H17FN2O3. The quantitative estimate of drug-likeness (QED) is 0.939. The molecule has 1 heterocycles. The van der Waals surface area contributed by atoms with Crippen molar-refractivity contribution in [3.05, 3.63) is 54.3 Å². The maximum atomic E-state index is 14.4. The first-order valence-electron chi connectivity index (χ1n) is 7.62. The summed E-state index contributed by atoms with van der Waals surface area (Å²) in [4.78, 5) is 24.3. The number of hydrogen-bond donors (Lipinski definition) is 1. The number of rotatable bonds is 4. The Labute approximate surface area is 139 Å². The third-order valence-corrected chi connectivity index (χ3v) is 3.80. The molecule has 1 aliphatic heterocycles. The summed E-state index contributed by atoms with van der Waals surface area (Å²) < 4.78 is 19.6. The lowest BCUT2D eigenvalue weighted by Gasteiger charge is -2.14. The Morgan fingerprint density at radius 1 is 1.29 bits per heavy atom. The van der Waals surface area contributed by atoms with Gasteiger partial charge < -0.3 is 10.1 Å². The first-order chi connectivity index (χ1) is 11.5. The van der Waals surface area contributed by atoms with Crippen LogP contribution in [0.25, 0.3) is 11.1 Å². The molecule has 3 rings (SSSR count). The van der Waals surface area contributed by atoms with E-state index in [1.165, 1.54) is 17.9 Å². The van der Waals surface area contributed by atoms with E-state index < -0.39 is 18.0 Å². The molecule has 2 amide bonds. The maximum absolute atomic E-state index is 14.4. The SMILES string of the molecule is CC(=O)NCC1CN(c2ccc(-c3ccccc3)c(F)c2)C(=O)O1. The molecule has 2 aromatic carbocycles. The Kier molecular flexibility index (Phi) is 4.46.